The third-order valence-electron chi connectivity index (χ3n) is 2.60. The first-order valence-electron chi connectivity index (χ1n) is 5.41. The summed E-state index contributed by atoms with van der Waals surface area (Å²) in [5, 5.41) is 0.424. The highest BCUT2D eigenvalue weighted by Gasteiger charge is 2.33. The van der Waals surface area contributed by atoms with Crippen LogP contribution in [0, 0.1) is 0 Å². The summed E-state index contributed by atoms with van der Waals surface area (Å²) in [5.74, 6) is 0. The van der Waals surface area contributed by atoms with Gasteiger partial charge in [0.05, 0.1) is 21.0 Å². The molecule has 0 amide bonds. The molecule has 1 saturated heterocycles. The first kappa shape index (κ1) is 14.7. The fraction of sp³-hybridized carbons (Fsp3) is 0.600. The molecule has 2 atom stereocenters. The highest BCUT2D eigenvalue weighted by molar-refractivity contribution is 9.11. The van der Waals surface area contributed by atoms with Crippen LogP contribution in [0.1, 0.15) is 13.8 Å². The summed E-state index contributed by atoms with van der Waals surface area (Å²) in [4.78, 5) is 0. The number of ether oxygens (including phenoxy) is 1. The second kappa shape index (κ2) is 5.38. The lowest BCUT2D eigenvalue weighted by Gasteiger charge is -2.34. The van der Waals surface area contributed by atoms with E-state index in [0.29, 0.717) is 21.9 Å². The predicted octanol–water partition coefficient (Wildman–Crippen LogP) is 2.96. The zero-order valence-electron chi connectivity index (χ0n) is 9.89. The average molecular weight is 375 g/mol. The lowest BCUT2D eigenvalue weighted by Crippen LogP contribution is -2.47. The Morgan fingerprint density at radius 3 is 2.44 bits per heavy atom. The Kier molecular flexibility index (Phi) is 4.40. The van der Waals surface area contributed by atoms with Crippen LogP contribution >= 0.6 is 38.9 Å². The average Bonchev–Trinajstić information content (AvgIpc) is 2.58. The standard InChI is InChI=1S/C10H13BrClNO3S2/c1-6-4-13(5-7(2)16-6)18(14,15)9-3-8(12)10(11)17-9/h3,6-7H,4-5H2,1-2H3. The SMILES string of the molecule is CC1CN(S(=O)(=O)c2cc(Cl)c(Br)s2)CC(C)O1. The van der Waals surface area contributed by atoms with Crippen LogP contribution in [-0.2, 0) is 14.8 Å². The van der Waals surface area contributed by atoms with Crippen molar-refractivity contribution >= 4 is 48.9 Å². The van der Waals surface area contributed by atoms with Crippen molar-refractivity contribution in [2.24, 2.45) is 0 Å². The van der Waals surface area contributed by atoms with Crippen LogP contribution in [-0.4, -0.2) is 38.0 Å². The zero-order valence-corrected chi connectivity index (χ0v) is 13.9. The molecule has 1 fully saturated rings. The molecule has 1 aliphatic heterocycles. The van der Waals surface area contributed by atoms with Gasteiger partial charge in [0.2, 0.25) is 0 Å². The molecule has 0 bridgehead atoms. The maximum Gasteiger partial charge on any atom is 0.252 e. The Morgan fingerprint density at radius 2 is 2.00 bits per heavy atom. The Morgan fingerprint density at radius 1 is 1.44 bits per heavy atom. The lowest BCUT2D eigenvalue weighted by atomic mass is 10.3. The van der Waals surface area contributed by atoms with E-state index in [1.54, 1.807) is 0 Å². The molecule has 4 nitrogen and oxygen atoms in total. The van der Waals surface area contributed by atoms with E-state index in [1.165, 1.54) is 10.4 Å². The van der Waals surface area contributed by atoms with Gasteiger partial charge in [-0.25, -0.2) is 8.42 Å². The summed E-state index contributed by atoms with van der Waals surface area (Å²) in [5.41, 5.74) is 0. The summed E-state index contributed by atoms with van der Waals surface area (Å²) in [6.07, 6.45) is -0.190. The Bertz CT molecular complexity index is 516. The van der Waals surface area contributed by atoms with Crippen LogP contribution in [0.2, 0.25) is 5.02 Å². The Balaban J connectivity index is 2.30. The van der Waals surface area contributed by atoms with E-state index in [4.69, 9.17) is 16.3 Å². The largest absolute Gasteiger partial charge is 0.373 e. The number of hydrogen-bond acceptors (Lipinski definition) is 4. The fourth-order valence-corrected chi connectivity index (χ4v) is 6.05. The summed E-state index contributed by atoms with van der Waals surface area (Å²) < 4.78 is 32.8. The summed E-state index contributed by atoms with van der Waals surface area (Å²) >= 11 is 10.3. The van der Waals surface area contributed by atoms with E-state index < -0.39 is 10.0 Å². The molecule has 1 aromatic rings. The van der Waals surface area contributed by atoms with E-state index in [9.17, 15) is 8.42 Å². The van der Waals surface area contributed by atoms with Gasteiger partial charge in [0, 0.05) is 13.1 Å². The van der Waals surface area contributed by atoms with E-state index in [0.717, 1.165) is 11.3 Å². The lowest BCUT2D eigenvalue weighted by molar-refractivity contribution is -0.0440. The molecular formula is C10H13BrClNO3S2. The van der Waals surface area contributed by atoms with Crippen molar-refractivity contribution in [1.29, 1.82) is 0 Å². The number of halogens is 2. The highest BCUT2D eigenvalue weighted by Crippen LogP contribution is 2.36. The van der Waals surface area contributed by atoms with E-state index in [2.05, 4.69) is 15.9 Å². The third-order valence-corrected chi connectivity index (χ3v) is 7.36. The molecule has 0 aromatic carbocycles. The van der Waals surface area contributed by atoms with Gasteiger partial charge in [0.1, 0.15) is 4.21 Å². The van der Waals surface area contributed by atoms with Crippen LogP contribution in [0.4, 0.5) is 0 Å². The zero-order chi connectivity index (χ0) is 13.5. The molecule has 2 rings (SSSR count). The van der Waals surface area contributed by atoms with E-state index in [-0.39, 0.29) is 16.4 Å². The van der Waals surface area contributed by atoms with Gasteiger partial charge in [-0.05, 0) is 35.8 Å². The van der Waals surface area contributed by atoms with Gasteiger partial charge in [0.15, 0.2) is 0 Å². The number of thiophene rings is 1. The summed E-state index contributed by atoms with van der Waals surface area (Å²) in [6, 6.07) is 1.48. The summed E-state index contributed by atoms with van der Waals surface area (Å²) in [6.45, 7) is 4.49. The third kappa shape index (κ3) is 2.91. The van der Waals surface area contributed by atoms with Gasteiger partial charge < -0.3 is 4.74 Å². The number of nitrogens with zero attached hydrogens (tertiary/aromatic N) is 1. The van der Waals surface area contributed by atoms with Gasteiger partial charge in [-0.1, -0.05) is 11.6 Å². The molecule has 0 saturated carbocycles. The minimum atomic E-state index is -3.47. The number of hydrogen-bond donors (Lipinski definition) is 0. The second-order valence-corrected chi connectivity index (χ2v) is 9.21. The van der Waals surface area contributed by atoms with E-state index >= 15 is 0 Å². The first-order valence-corrected chi connectivity index (χ1v) is 8.84. The normalized spacial score (nSPS) is 26.4. The molecule has 0 N–H and O–H groups in total. The fourth-order valence-electron chi connectivity index (χ4n) is 1.91. The van der Waals surface area contributed by atoms with Gasteiger partial charge in [0.25, 0.3) is 10.0 Å². The number of rotatable bonds is 2. The molecule has 0 aliphatic carbocycles. The molecular weight excluding hydrogens is 362 g/mol. The molecule has 2 heterocycles. The number of sulfonamides is 1. The smallest absolute Gasteiger partial charge is 0.252 e. The highest BCUT2D eigenvalue weighted by atomic mass is 79.9. The molecule has 1 aromatic heterocycles. The van der Waals surface area contributed by atoms with Crippen molar-refractivity contribution < 1.29 is 13.2 Å². The van der Waals surface area contributed by atoms with Crippen molar-refractivity contribution in [3.8, 4) is 0 Å². The van der Waals surface area contributed by atoms with Gasteiger partial charge >= 0.3 is 0 Å². The first-order chi connectivity index (χ1) is 8.30. The molecule has 2 unspecified atom stereocenters. The van der Waals surface area contributed by atoms with Crippen molar-refractivity contribution in [2.75, 3.05) is 13.1 Å². The second-order valence-electron chi connectivity index (χ2n) is 4.27. The predicted molar refractivity (Wildman–Crippen MR) is 75.8 cm³/mol. The molecule has 102 valence electrons. The molecule has 0 spiro atoms. The van der Waals surface area contributed by atoms with Crippen molar-refractivity contribution in [2.45, 2.75) is 30.3 Å². The van der Waals surface area contributed by atoms with Crippen LogP contribution in [0.15, 0.2) is 14.1 Å². The molecule has 1 aliphatic rings. The maximum absolute atomic E-state index is 12.4. The van der Waals surface area contributed by atoms with Crippen molar-refractivity contribution in [3.63, 3.8) is 0 Å². The van der Waals surface area contributed by atoms with Crippen molar-refractivity contribution in [3.05, 3.63) is 14.9 Å². The van der Waals surface area contributed by atoms with Gasteiger partial charge in [-0.3, -0.25) is 0 Å². The van der Waals surface area contributed by atoms with Crippen LogP contribution < -0.4 is 0 Å². The van der Waals surface area contributed by atoms with Crippen LogP contribution in [0.3, 0.4) is 0 Å². The van der Waals surface area contributed by atoms with Crippen LogP contribution in [0.25, 0.3) is 0 Å². The minimum absolute atomic E-state index is 0.0950. The van der Waals surface area contributed by atoms with Gasteiger partial charge in [-0.15, -0.1) is 11.3 Å². The minimum Gasteiger partial charge on any atom is -0.373 e. The molecule has 0 radical (unpaired) electrons. The Labute approximate surface area is 124 Å². The maximum atomic E-state index is 12.4. The molecule has 8 heteroatoms. The summed E-state index contributed by atoms with van der Waals surface area (Å²) in [7, 11) is -3.47. The van der Waals surface area contributed by atoms with Crippen molar-refractivity contribution in [1.82, 2.24) is 4.31 Å². The Hall–Kier alpha value is 0.340. The topological polar surface area (TPSA) is 46.6 Å². The monoisotopic (exact) mass is 373 g/mol. The van der Waals surface area contributed by atoms with E-state index in [1.807, 2.05) is 13.8 Å². The quantitative estimate of drug-likeness (QED) is 0.799. The molecule has 18 heavy (non-hydrogen) atoms. The van der Waals surface area contributed by atoms with Gasteiger partial charge in [-0.2, -0.15) is 4.31 Å². The van der Waals surface area contributed by atoms with Crippen LogP contribution in [0.5, 0.6) is 0 Å². The number of morpholine rings is 1.